The van der Waals surface area contributed by atoms with E-state index in [0.29, 0.717) is 5.92 Å². The van der Waals surface area contributed by atoms with Crippen LogP contribution in [0.5, 0.6) is 0 Å². The minimum Gasteiger partial charge on any atom is -0.316 e. The summed E-state index contributed by atoms with van der Waals surface area (Å²) in [4.78, 5) is 0. The van der Waals surface area contributed by atoms with Crippen LogP contribution in [-0.4, -0.2) is 40.3 Å². The van der Waals surface area contributed by atoms with Gasteiger partial charge in [0.2, 0.25) is 0 Å². The minimum absolute atomic E-state index is 0.556. The molecule has 0 aromatic heterocycles. The largest absolute Gasteiger partial charge is 0.316 e. The summed E-state index contributed by atoms with van der Waals surface area (Å²) < 4.78 is 11.5. The normalized spacial score (nSPS) is 19.8. The Kier molecular flexibility index (Phi) is 6.07. The number of hydrogen-bond donors (Lipinski definition) is 1. The van der Waals surface area contributed by atoms with Gasteiger partial charge in [-0.2, -0.15) is 11.8 Å². The summed E-state index contributed by atoms with van der Waals surface area (Å²) in [7, 11) is -0.556. The van der Waals surface area contributed by atoms with Crippen molar-refractivity contribution in [3.8, 4) is 0 Å². The van der Waals surface area contributed by atoms with Gasteiger partial charge in [-0.15, -0.1) is 0 Å². The quantitative estimate of drug-likeness (QED) is 0.653. The first-order valence-electron chi connectivity index (χ1n) is 4.96. The fourth-order valence-corrected chi connectivity index (χ4v) is 3.49. The van der Waals surface area contributed by atoms with Crippen molar-refractivity contribution in [1.82, 2.24) is 5.32 Å². The summed E-state index contributed by atoms with van der Waals surface area (Å²) in [5, 5.41) is 3.20. The summed E-state index contributed by atoms with van der Waals surface area (Å²) >= 11 is 1.94. The lowest BCUT2D eigenvalue weighted by Crippen LogP contribution is -2.44. The van der Waals surface area contributed by atoms with Crippen LogP contribution in [0.15, 0.2) is 0 Å². The molecule has 1 atom stereocenters. The van der Waals surface area contributed by atoms with E-state index < -0.39 is 10.8 Å². The van der Waals surface area contributed by atoms with E-state index in [4.69, 9.17) is 0 Å². The molecule has 0 radical (unpaired) electrons. The highest BCUT2D eigenvalue weighted by molar-refractivity contribution is 7.99. The molecule has 0 amide bonds. The molecule has 0 bridgehead atoms. The standard InChI is InChI=1S/C9H19NOS2/c1-2-12-4-3-5-13(11)8-9-6-10-7-9/h9-10H,2-8H2,1H3. The summed E-state index contributed by atoms with van der Waals surface area (Å²) in [5.41, 5.74) is 0. The van der Waals surface area contributed by atoms with Gasteiger partial charge < -0.3 is 5.32 Å². The molecule has 0 aromatic rings. The zero-order valence-electron chi connectivity index (χ0n) is 8.25. The lowest BCUT2D eigenvalue weighted by molar-refractivity contribution is 0.382. The molecule has 1 heterocycles. The second kappa shape index (κ2) is 6.85. The zero-order valence-corrected chi connectivity index (χ0v) is 9.88. The Morgan fingerprint density at radius 1 is 1.54 bits per heavy atom. The van der Waals surface area contributed by atoms with E-state index in [2.05, 4.69) is 12.2 Å². The molecule has 78 valence electrons. The van der Waals surface area contributed by atoms with Gasteiger partial charge in [0.05, 0.1) is 0 Å². The van der Waals surface area contributed by atoms with Gasteiger partial charge in [0, 0.05) is 35.4 Å². The number of hydrogen-bond acceptors (Lipinski definition) is 3. The Morgan fingerprint density at radius 2 is 2.31 bits per heavy atom. The Labute approximate surface area is 87.7 Å². The number of nitrogens with one attached hydrogen (secondary N) is 1. The van der Waals surface area contributed by atoms with Crippen LogP contribution in [0.25, 0.3) is 0 Å². The van der Waals surface area contributed by atoms with Crippen LogP contribution in [0.2, 0.25) is 0 Å². The van der Waals surface area contributed by atoms with Crippen LogP contribution >= 0.6 is 11.8 Å². The topological polar surface area (TPSA) is 29.1 Å². The van der Waals surface area contributed by atoms with Gasteiger partial charge in [-0.1, -0.05) is 6.92 Å². The summed E-state index contributed by atoms with van der Waals surface area (Å²) in [5.74, 6) is 4.87. The highest BCUT2D eigenvalue weighted by atomic mass is 32.2. The van der Waals surface area contributed by atoms with Gasteiger partial charge in [-0.3, -0.25) is 4.21 Å². The predicted octanol–water partition coefficient (Wildman–Crippen LogP) is 1.10. The van der Waals surface area contributed by atoms with Gasteiger partial charge in [-0.05, 0) is 23.8 Å². The van der Waals surface area contributed by atoms with Gasteiger partial charge in [-0.25, -0.2) is 0 Å². The van der Waals surface area contributed by atoms with Crippen LogP contribution < -0.4 is 5.32 Å². The summed E-state index contributed by atoms with van der Waals surface area (Å²) in [6.45, 7) is 4.33. The molecule has 2 nitrogen and oxygen atoms in total. The van der Waals surface area contributed by atoms with Crippen LogP contribution in [0.3, 0.4) is 0 Å². The average molecular weight is 221 g/mol. The van der Waals surface area contributed by atoms with Crippen molar-refractivity contribution < 1.29 is 4.21 Å². The van der Waals surface area contributed by atoms with Crippen molar-refractivity contribution in [3.63, 3.8) is 0 Å². The first-order valence-corrected chi connectivity index (χ1v) is 7.60. The highest BCUT2D eigenvalue weighted by Crippen LogP contribution is 2.07. The van der Waals surface area contributed by atoms with E-state index in [1.807, 2.05) is 11.8 Å². The second-order valence-corrected chi connectivity index (χ2v) is 6.40. The Balaban J connectivity index is 1.91. The molecule has 4 heteroatoms. The van der Waals surface area contributed by atoms with E-state index in [1.165, 1.54) is 11.5 Å². The van der Waals surface area contributed by atoms with Gasteiger partial charge in [0.25, 0.3) is 0 Å². The van der Waals surface area contributed by atoms with Crippen LogP contribution in [0.1, 0.15) is 13.3 Å². The fourth-order valence-electron chi connectivity index (χ4n) is 1.28. The molecule has 1 fully saturated rings. The summed E-state index contributed by atoms with van der Waals surface area (Å²) in [6, 6.07) is 0. The molecule has 0 spiro atoms. The first-order chi connectivity index (χ1) is 6.33. The van der Waals surface area contributed by atoms with Gasteiger partial charge in [0.1, 0.15) is 0 Å². The van der Waals surface area contributed by atoms with Crippen molar-refractivity contribution in [2.24, 2.45) is 5.92 Å². The molecule has 13 heavy (non-hydrogen) atoms. The molecule has 0 aliphatic carbocycles. The third-order valence-electron chi connectivity index (χ3n) is 2.15. The molecule has 1 N–H and O–H groups in total. The Morgan fingerprint density at radius 3 is 2.85 bits per heavy atom. The monoisotopic (exact) mass is 221 g/mol. The highest BCUT2D eigenvalue weighted by Gasteiger charge is 2.18. The maximum absolute atomic E-state index is 11.5. The molecule has 1 aliphatic heterocycles. The van der Waals surface area contributed by atoms with E-state index in [-0.39, 0.29) is 0 Å². The molecule has 1 unspecified atom stereocenters. The van der Waals surface area contributed by atoms with E-state index >= 15 is 0 Å². The molecular formula is C9H19NOS2. The van der Waals surface area contributed by atoms with Crippen LogP contribution in [0.4, 0.5) is 0 Å². The number of rotatable bonds is 7. The van der Waals surface area contributed by atoms with Gasteiger partial charge >= 0.3 is 0 Å². The molecule has 1 aliphatic rings. The average Bonchev–Trinajstić information content (AvgIpc) is 2.06. The number of thioether (sulfide) groups is 1. The molecule has 0 saturated carbocycles. The third kappa shape index (κ3) is 5.03. The maximum Gasteiger partial charge on any atom is 0.0287 e. The summed E-state index contributed by atoms with van der Waals surface area (Å²) in [6.07, 6.45) is 1.12. The predicted molar refractivity (Wildman–Crippen MR) is 61.9 cm³/mol. The van der Waals surface area contributed by atoms with E-state index in [0.717, 1.165) is 31.0 Å². The van der Waals surface area contributed by atoms with Crippen molar-refractivity contribution in [3.05, 3.63) is 0 Å². The van der Waals surface area contributed by atoms with E-state index in [1.54, 1.807) is 0 Å². The van der Waals surface area contributed by atoms with Crippen molar-refractivity contribution in [2.75, 3.05) is 36.1 Å². The minimum atomic E-state index is -0.556. The van der Waals surface area contributed by atoms with Crippen molar-refractivity contribution in [2.45, 2.75) is 13.3 Å². The SMILES string of the molecule is CCSCCCS(=O)CC1CNC1. The molecule has 1 rings (SSSR count). The smallest absolute Gasteiger partial charge is 0.0287 e. The lowest BCUT2D eigenvalue weighted by atomic mass is 10.1. The molecule has 1 saturated heterocycles. The van der Waals surface area contributed by atoms with Crippen molar-refractivity contribution >= 4 is 22.6 Å². The zero-order chi connectivity index (χ0) is 9.52. The Hall–Kier alpha value is 0.460. The second-order valence-electron chi connectivity index (χ2n) is 3.39. The van der Waals surface area contributed by atoms with Gasteiger partial charge in [0.15, 0.2) is 0 Å². The van der Waals surface area contributed by atoms with E-state index in [9.17, 15) is 4.21 Å². The van der Waals surface area contributed by atoms with Crippen molar-refractivity contribution in [1.29, 1.82) is 0 Å². The first kappa shape index (κ1) is 11.5. The molecular weight excluding hydrogens is 202 g/mol. The van der Waals surface area contributed by atoms with Crippen LogP contribution in [0, 0.1) is 5.92 Å². The fraction of sp³-hybridized carbons (Fsp3) is 1.00. The lowest BCUT2D eigenvalue weighted by Gasteiger charge is -2.26. The maximum atomic E-state index is 11.5. The third-order valence-corrected chi connectivity index (χ3v) is 4.73. The molecule has 0 aromatic carbocycles. The Bertz CT molecular complexity index is 160. The van der Waals surface area contributed by atoms with Crippen LogP contribution in [-0.2, 0) is 10.8 Å².